The Labute approximate surface area is 60.3 Å². The number of hydrogen-bond donors (Lipinski definition) is 1. The van der Waals surface area contributed by atoms with Crippen molar-refractivity contribution in [1.82, 2.24) is 4.90 Å². The van der Waals surface area contributed by atoms with E-state index in [0.717, 1.165) is 12.5 Å². The summed E-state index contributed by atoms with van der Waals surface area (Å²) >= 11 is 0. The number of piperidine rings is 1. The molecule has 3 nitrogen and oxygen atoms in total. The lowest BCUT2D eigenvalue weighted by molar-refractivity contribution is 0.308. The van der Waals surface area contributed by atoms with Crippen LogP contribution >= 0.6 is 0 Å². The maximum Gasteiger partial charge on any atom is 0.0482 e. The first-order chi connectivity index (χ1) is 4.90. The summed E-state index contributed by atoms with van der Waals surface area (Å²) in [6, 6.07) is 0. The van der Waals surface area contributed by atoms with E-state index in [4.69, 9.17) is 5.21 Å². The fourth-order valence-corrected chi connectivity index (χ4v) is 2.08. The van der Waals surface area contributed by atoms with Crippen LogP contribution in [-0.4, -0.2) is 36.0 Å². The molecule has 2 heterocycles. The van der Waals surface area contributed by atoms with Crippen LogP contribution in [0.1, 0.15) is 6.42 Å². The van der Waals surface area contributed by atoms with Gasteiger partial charge < -0.3 is 10.1 Å². The van der Waals surface area contributed by atoms with Gasteiger partial charge in [-0.25, -0.2) is 0 Å². The van der Waals surface area contributed by atoms with Gasteiger partial charge in [0.05, 0.1) is 0 Å². The number of rotatable bonds is 1. The number of hydrogen-bond acceptors (Lipinski definition) is 3. The van der Waals surface area contributed by atoms with Crippen molar-refractivity contribution >= 4 is 6.21 Å². The van der Waals surface area contributed by atoms with Crippen molar-refractivity contribution in [3.05, 3.63) is 0 Å². The number of fused-ring (bicyclic) bond motifs is 2. The third-order valence-corrected chi connectivity index (χ3v) is 2.64. The quantitative estimate of drug-likeness (QED) is 0.325. The van der Waals surface area contributed by atoms with Crippen LogP contribution in [0.5, 0.6) is 0 Å². The summed E-state index contributed by atoms with van der Waals surface area (Å²) in [5.41, 5.74) is 0. The maximum absolute atomic E-state index is 8.31. The van der Waals surface area contributed by atoms with Crippen molar-refractivity contribution in [2.75, 3.05) is 19.6 Å². The monoisotopic (exact) mass is 140 g/mol. The molecule has 0 saturated carbocycles. The van der Waals surface area contributed by atoms with Crippen molar-refractivity contribution in [2.45, 2.75) is 6.42 Å². The highest BCUT2D eigenvalue weighted by Crippen LogP contribution is 2.31. The highest BCUT2D eigenvalue weighted by Gasteiger charge is 2.36. The minimum absolute atomic E-state index is 0.527. The van der Waals surface area contributed by atoms with Crippen LogP contribution in [0, 0.1) is 11.8 Å². The van der Waals surface area contributed by atoms with Crippen molar-refractivity contribution in [2.24, 2.45) is 17.0 Å². The van der Waals surface area contributed by atoms with Gasteiger partial charge in [-0.05, 0) is 18.9 Å². The highest BCUT2D eigenvalue weighted by atomic mass is 16.4. The predicted molar refractivity (Wildman–Crippen MR) is 38.3 cm³/mol. The first kappa shape index (κ1) is 6.16. The minimum Gasteiger partial charge on any atom is -0.411 e. The second-order valence-corrected chi connectivity index (χ2v) is 3.24. The molecule has 0 radical (unpaired) electrons. The second-order valence-electron chi connectivity index (χ2n) is 3.24. The third kappa shape index (κ3) is 0.814. The van der Waals surface area contributed by atoms with E-state index in [1.165, 1.54) is 19.5 Å². The molecular weight excluding hydrogens is 128 g/mol. The summed E-state index contributed by atoms with van der Waals surface area (Å²) in [7, 11) is 0. The Kier molecular flexibility index (Phi) is 1.38. The lowest BCUT2D eigenvalue weighted by atomic mass is 9.94. The number of nitrogens with zero attached hydrogens (tertiary/aromatic N) is 2. The molecule has 3 heteroatoms. The largest absolute Gasteiger partial charge is 0.411 e. The predicted octanol–water partition coefficient (Wildman–Crippen LogP) is 0.398. The SMILES string of the molecule is O/N=C/[C@H]1CN2CC[C@H]1C2. The Morgan fingerprint density at radius 2 is 2.40 bits per heavy atom. The minimum atomic E-state index is 0.527. The lowest BCUT2D eigenvalue weighted by Gasteiger charge is -2.16. The smallest absolute Gasteiger partial charge is 0.0482 e. The van der Waals surface area contributed by atoms with Crippen LogP contribution in [0.4, 0.5) is 0 Å². The molecule has 3 atom stereocenters. The van der Waals surface area contributed by atoms with Gasteiger partial charge in [-0.3, -0.25) is 0 Å². The van der Waals surface area contributed by atoms with E-state index in [9.17, 15) is 0 Å². The van der Waals surface area contributed by atoms with Crippen molar-refractivity contribution in [1.29, 1.82) is 0 Å². The normalized spacial score (nSPS) is 45.4. The van der Waals surface area contributed by atoms with E-state index in [2.05, 4.69) is 10.1 Å². The van der Waals surface area contributed by atoms with Crippen LogP contribution < -0.4 is 0 Å². The lowest BCUT2D eigenvalue weighted by Crippen LogP contribution is -2.24. The number of oxime groups is 1. The zero-order chi connectivity index (χ0) is 6.97. The van der Waals surface area contributed by atoms with Crippen molar-refractivity contribution < 1.29 is 5.21 Å². The van der Waals surface area contributed by atoms with Gasteiger partial charge in [-0.15, -0.1) is 5.16 Å². The summed E-state index contributed by atoms with van der Waals surface area (Å²) in [5.74, 6) is 1.30. The molecule has 0 spiro atoms. The van der Waals surface area contributed by atoms with E-state index < -0.39 is 0 Å². The standard InChI is InChI=1S/C7H12N2O/c10-8-3-7-5-9-2-1-6(7)4-9/h3,6-7,10H,1-2,4-5H2/b8-3+/t6-,7-/m0/s1. The third-order valence-electron chi connectivity index (χ3n) is 2.64. The Morgan fingerprint density at radius 3 is 2.90 bits per heavy atom. The fourth-order valence-electron chi connectivity index (χ4n) is 2.08. The molecule has 1 N–H and O–H groups in total. The average Bonchev–Trinajstić information content (AvgIpc) is 2.48. The molecule has 0 amide bonds. The van der Waals surface area contributed by atoms with Gasteiger partial charge in [0, 0.05) is 25.2 Å². The van der Waals surface area contributed by atoms with Crippen LogP contribution in [0.2, 0.25) is 0 Å². The molecule has 2 aliphatic rings. The molecule has 2 rings (SSSR count). The van der Waals surface area contributed by atoms with Gasteiger partial charge >= 0.3 is 0 Å². The molecular formula is C7H12N2O. The average molecular weight is 140 g/mol. The summed E-state index contributed by atoms with van der Waals surface area (Å²) < 4.78 is 0. The van der Waals surface area contributed by atoms with Gasteiger partial charge in [-0.1, -0.05) is 0 Å². The molecule has 56 valence electrons. The molecule has 2 fully saturated rings. The van der Waals surface area contributed by atoms with Crippen LogP contribution in [-0.2, 0) is 0 Å². The van der Waals surface area contributed by atoms with Crippen LogP contribution in [0.25, 0.3) is 0 Å². The topological polar surface area (TPSA) is 35.8 Å². The Hall–Kier alpha value is -0.570. The summed E-state index contributed by atoms with van der Waals surface area (Å²) in [5, 5.41) is 11.4. The van der Waals surface area contributed by atoms with E-state index in [1.54, 1.807) is 6.21 Å². The van der Waals surface area contributed by atoms with E-state index in [1.807, 2.05) is 0 Å². The maximum atomic E-state index is 8.31. The van der Waals surface area contributed by atoms with Gasteiger partial charge in [0.25, 0.3) is 0 Å². The molecule has 10 heavy (non-hydrogen) atoms. The van der Waals surface area contributed by atoms with E-state index in [-0.39, 0.29) is 0 Å². The summed E-state index contributed by atoms with van der Waals surface area (Å²) in [4.78, 5) is 2.43. The van der Waals surface area contributed by atoms with E-state index >= 15 is 0 Å². The summed E-state index contributed by atoms with van der Waals surface area (Å²) in [6.07, 6.45) is 2.97. The molecule has 1 unspecified atom stereocenters. The Morgan fingerprint density at radius 1 is 1.50 bits per heavy atom. The van der Waals surface area contributed by atoms with Gasteiger partial charge in [0.15, 0.2) is 0 Å². The summed E-state index contributed by atoms with van der Waals surface area (Å²) in [6.45, 7) is 3.58. The first-order valence-electron chi connectivity index (χ1n) is 3.80. The van der Waals surface area contributed by atoms with Crippen LogP contribution in [0.3, 0.4) is 0 Å². The molecule has 0 aromatic carbocycles. The van der Waals surface area contributed by atoms with Gasteiger partial charge in [0.2, 0.25) is 0 Å². The molecule has 0 aliphatic carbocycles. The van der Waals surface area contributed by atoms with Gasteiger partial charge in [-0.2, -0.15) is 0 Å². The van der Waals surface area contributed by atoms with Crippen molar-refractivity contribution in [3.8, 4) is 0 Å². The Balaban J connectivity index is 2.02. The zero-order valence-electron chi connectivity index (χ0n) is 5.90. The molecule has 2 saturated heterocycles. The molecule has 0 aromatic heterocycles. The molecule has 2 aliphatic heterocycles. The van der Waals surface area contributed by atoms with Crippen LogP contribution in [0.15, 0.2) is 5.16 Å². The van der Waals surface area contributed by atoms with Crippen molar-refractivity contribution in [3.63, 3.8) is 0 Å². The van der Waals surface area contributed by atoms with E-state index in [0.29, 0.717) is 5.92 Å². The molecule has 2 bridgehead atoms. The zero-order valence-corrected chi connectivity index (χ0v) is 5.90. The Bertz CT molecular complexity index is 158. The molecule has 0 aromatic rings. The second kappa shape index (κ2) is 2.23. The van der Waals surface area contributed by atoms with Gasteiger partial charge in [0.1, 0.15) is 0 Å². The fraction of sp³-hybridized carbons (Fsp3) is 0.857. The highest BCUT2D eigenvalue weighted by molar-refractivity contribution is 5.61. The first-order valence-corrected chi connectivity index (χ1v) is 3.80.